The van der Waals surface area contributed by atoms with Gasteiger partial charge in [0, 0.05) is 17.1 Å². The Labute approximate surface area is 113 Å². The number of hydrogen-bond donors (Lipinski definition) is 2. The molecule has 0 fully saturated rings. The molecule has 2 N–H and O–H groups in total. The summed E-state index contributed by atoms with van der Waals surface area (Å²) in [5.41, 5.74) is 0.596. The lowest BCUT2D eigenvalue weighted by molar-refractivity contribution is 0.0469. The fourth-order valence-corrected chi connectivity index (χ4v) is 2.16. The molecule has 0 spiro atoms. The van der Waals surface area contributed by atoms with Gasteiger partial charge in [0.05, 0.1) is 5.60 Å². The van der Waals surface area contributed by atoms with E-state index in [4.69, 9.17) is 11.6 Å². The number of hydrogen-bond acceptors (Lipinski definition) is 2. The van der Waals surface area contributed by atoms with E-state index in [9.17, 15) is 9.90 Å². The third-order valence-electron chi connectivity index (χ3n) is 2.72. The summed E-state index contributed by atoms with van der Waals surface area (Å²) in [5.74, 6) is -0.211. The van der Waals surface area contributed by atoms with Gasteiger partial charge in [0.25, 0.3) is 5.91 Å². The number of aryl methyl sites for hydroxylation is 1. The molecule has 0 aliphatic heterocycles. The Balaban J connectivity index is 2.66. The second kappa shape index (κ2) is 6.21. The lowest BCUT2D eigenvalue weighted by Crippen LogP contribution is -2.40. The molecule has 1 rings (SSSR count). The van der Waals surface area contributed by atoms with Gasteiger partial charge in [-0.15, -0.1) is 0 Å². The number of rotatable bonds is 5. The minimum atomic E-state index is -0.863. The van der Waals surface area contributed by atoms with Crippen LogP contribution >= 0.6 is 11.6 Å². The summed E-state index contributed by atoms with van der Waals surface area (Å²) in [4.78, 5) is 11.9. The molecule has 1 aromatic rings. The van der Waals surface area contributed by atoms with Crippen molar-refractivity contribution in [2.24, 2.45) is 0 Å². The van der Waals surface area contributed by atoms with Gasteiger partial charge in [-0.25, -0.2) is 0 Å². The molecule has 0 bridgehead atoms. The van der Waals surface area contributed by atoms with E-state index in [0.717, 1.165) is 12.0 Å². The summed E-state index contributed by atoms with van der Waals surface area (Å²) in [5, 5.41) is 13.3. The quantitative estimate of drug-likeness (QED) is 0.863. The van der Waals surface area contributed by atoms with E-state index in [1.54, 1.807) is 25.1 Å². The number of benzene rings is 1. The largest absolute Gasteiger partial charge is 0.388 e. The maximum Gasteiger partial charge on any atom is 0.251 e. The van der Waals surface area contributed by atoms with Crippen molar-refractivity contribution in [3.05, 3.63) is 34.3 Å². The van der Waals surface area contributed by atoms with Crippen LogP contribution in [-0.2, 0) is 0 Å². The number of carbonyl (C=O) groups is 1. The van der Waals surface area contributed by atoms with Crippen molar-refractivity contribution in [3.8, 4) is 0 Å². The molecular weight excluding hydrogens is 250 g/mol. The van der Waals surface area contributed by atoms with Crippen molar-refractivity contribution in [2.75, 3.05) is 6.54 Å². The van der Waals surface area contributed by atoms with E-state index >= 15 is 0 Å². The third-order valence-corrected chi connectivity index (χ3v) is 2.94. The average Bonchev–Trinajstić information content (AvgIpc) is 2.24. The molecule has 1 amide bonds. The first-order valence-electron chi connectivity index (χ1n) is 6.12. The molecule has 1 atom stereocenters. The number of carbonyl (C=O) groups excluding carboxylic acids is 1. The van der Waals surface area contributed by atoms with Crippen LogP contribution in [0, 0.1) is 6.92 Å². The fraction of sp³-hybridized carbons (Fsp3) is 0.500. The Kier molecular flexibility index (Phi) is 5.17. The molecule has 0 aliphatic carbocycles. The smallest absolute Gasteiger partial charge is 0.251 e. The topological polar surface area (TPSA) is 49.3 Å². The first-order chi connectivity index (χ1) is 8.34. The molecule has 0 aromatic heterocycles. The van der Waals surface area contributed by atoms with Gasteiger partial charge in [-0.2, -0.15) is 0 Å². The summed E-state index contributed by atoms with van der Waals surface area (Å²) in [6, 6.07) is 5.19. The first kappa shape index (κ1) is 15.0. The molecule has 18 heavy (non-hydrogen) atoms. The SMILES string of the molecule is CCCC(C)(O)CNC(=O)c1cc(C)cc(Cl)c1. The molecule has 0 heterocycles. The summed E-state index contributed by atoms with van der Waals surface area (Å²) < 4.78 is 0. The number of aliphatic hydroxyl groups is 1. The van der Waals surface area contributed by atoms with Crippen molar-refractivity contribution in [3.63, 3.8) is 0 Å². The first-order valence-corrected chi connectivity index (χ1v) is 6.49. The van der Waals surface area contributed by atoms with E-state index < -0.39 is 5.60 Å². The highest BCUT2D eigenvalue weighted by Crippen LogP contribution is 2.15. The minimum Gasteiger partial charge on any atom is -0.388 e. The molecule has 100 valence electrons. The van der Waals surface area contributed by atoms with Gasteiger partial charge in [-0.05, 0) is 44.0 Å². The van der Waals surface area contributed by atoms with Gasteiger partial charge >= 0.3 is 0 Å². The van der Waals surface area contributed by atoms with Crippen molar-refractivity contribution in [2.45, 2.75) is 39.2 Å². The van der Waals surface area contributed by atoms with E-state index in [1.807, 2.05) is 13.8 Å². The zero-order valence-electron chi connectivity index (χ0n) is 11.1. The summed E-state index contributed by atoms with van der Waals surface area (Å²) in [6.45, 7) is 5.84. The maximum atomic E-state index is 11.9. The fourth-order valence-electron chi connectivity index (χ4n) is 1.87. The van der Waals surface area contributed by atoms with Gasteiger partial charge < -0.3 is 10.4 Å². The van der Waals surface area contributed by atoms with Crippen LogP contribution in [-0.4, -0.2) is 23.2 Å². The second-order valence-electron chi connectivity index (χ2n) is 4.95. The summed E-state index contributed by atoms with van der Waals surface area (Å²) >= 11 is 5.90. The lowest BCUT2D eigenvalue weighted by atomic mass is 10.0. The highest BCUT2D eigenvalue weighted by Gasteiger charge is 2.20. The maximum absolute atomic E-state index is 11.9. The van der Waals surface area contributed by atoms with Crippen LogP contribution < -0.4 is 5.32 Å². The molecule has 0 aliphatic rings. The predicted molar refractivity (Wildman–Crippen MR) is 74.1 cm³/mol. The van der Waals surface area contributed by atoms with E-state index in [1.165, 1.54) is 0 Å². The highest BCUT2D eigenvalue weighted by atomic mass is 35.5. The van der Waals surface area contributed by atoms with Gasteiger partial charge in [0.2, 0.25) is 0 Å². The minimum absolute atomic E-state index is 0.211. The van der Waals surface area contributed by atoms with E-state index in [0.29, 0.717) is 17.0 Å². The Bertz CT molecular complexity index is 410. The van der Waals surface area contributed by atoms with Crippen molar-refractivity contribution < 1.29 is 9.90 Å². The Morgan fingerprint density at radius 1 is 1.44 bits per heavy atom. The number of halogens is 1. The van der Waals surface area contributed by atoms with Crippen LogP contribution in [0.5, 0.6) is 0 Å². The van der Waals surface area contributed by atoms with E-state index in [2.05, 4.69) is 5.32 Å². The van der Waals surface area contributed by atoms with Crippen molar-refractivity contribution >= 4 is 17.5 Å². The third kappa shape index (κ3) is 4.67. The van der Waals surface area contributed by atoms with E-state index in [-0.39, 0.29) is 12.5 Å². The second-order valence-corrected chi connectivity index (χ2v) is 5.38. The number of nitrogens with one attached hydrogen (secondary N) is 1. The zero-order valence-corrected chi connectivity index (χ0v) is 11.8. The molecule has 4 heteroatoms. The summed E-state index contributed by atoms with van der Waals surface area (Å²) in [7, 11) is 0. The van der Waals surface area contributed by atoms with Crippen LogP contribution in [0.1, 0.15) is 42.6 Å². The van der Waals surface area contributed by atoms with Crippen LogP contribution in [0.25, 0.3) is 0 Å². The van der Waals surface area contributed by atoms with Gasteiger partial charge in [-0.1, -0.05) is 24.9 Å². The molecule has 0 saturated carbocycles. The van der Waals surface area contributed by atoms with Crippen LogP contribution in [0.15, 0.2) is 18.2 Å². The van der Waals surface area contributed by atoms with Crippen LogP contribution in [0.3, 0.4) is 0 Å². The molecule has 3 nitrogen and oxygen atoms in total. The van der Waals surface area contributed by atoms with Gasteiger partial charge in [-0.3, -0.25) is 4.79 Å². The Morgan fingerprint density at radius 2 is 2.11 bits per heavy atom. The molecule has 0 saturated heterocycles. The molecular formula is C14H20ClNO2. The van der Waals surface area contributed by atoms with Crippen molar-refractivity contribution in [1.29, 1.82) is 0 Å². The van der Waals surface area contributed by atoms with Crippen LogP contribution in [0.4, 0.5) is 0 Å². The van der Waals surface area contributed by atoms with Crippen molar-refractivity contribution in [1.82, 2.24) is 5.32 Å². The van der Waals surface area contributed by atoms with Crippen LogP contribution in [0.2, 0.25) is 5.02 Å². The molecule has 1 aromatic carbocycles. The Hall–Kier alpha value is -1.06. The molecule has 1 unspecified atom stereocenters. The van der Waals surface area contributed by atoms with Gasteiger partial charge in [0.15, 0.2) is 0 Å². The predicted octanol–water partition coefficient (Wildman–Crippen LogP) is 2.93. The molecule has 0 radical (unpaired) electrons. The normalized spacial score (nSPS) is 14.1. The van der Waals surface area contributed by atoms with Gasteiger partial charge in [0.1, 0.15) is 0 Å². The zero-order chi connectivity index (χ0) is 13.8. The Morgan fingerprint density at radius 3 is 2.67 bits per heavy atom. The highest BCUT2D eigenvalue weighted by molar-refractivity contribution is 6.31. The standard InChI is InChI=1S/C14H20ClNO2/c1-4-5-14(3,18)9-16-13(17)11-6-10(2)7-12(15)8-11/h6-8,18H,4-5,9H2,1-3H3,(H,16,17). The lowest BCUT2D eigenvalue weighted by Gasteiger charge is -2.22. The summed E-state index contributed by atoms with van der Waals surface area (Å²) in [6.07, 6.45) is 1.53. The average molecular weight is 270 g/mol. The monoisotopic (exact) mass is 269 g/mol. The number of amides is 1.